The van der Waals surface area contributed by atoms with Gasteiger partial charge in [0.15, 0.2) is 0 Å². The Labute approximate surface area is 110 Å². The zero-order chi connectivity index (χ0) is 14.1. The summed E-state index contributed by atoms with van der Waals surface area (Å²) in [5.41, 5.74) is 5.10. The van der Waals surface area contributed by atoms with Gasteiger partial charge in [0.25, 0.3) is 0 Å². The standard InChI is InChI=1S/C15H23NO2/c1-9-8-10(2)12(4)13(11(9)3)16-15(5,6)14(17)18-7/h8,16H,1-7H3. The van der Waals surface area contributed by atoms with Crippen molar-refractivity contribution in [1.29, 1.82) is 0 Å². The Hall–Kier alpha value is -1.51. The summed E-state index contributed by atoms with van der Waals surface area (Å²) in [6, 6.07) is 2.17. The molecule has 0 aromatic heterocycles. The van der Waals surface area contributed by atoms with Crippen molar-refractivity contribution in [2.75, 3.05) is 12.4 Å². The zero-order valence-electron chi connectivity index (χ0n) is 12.4. The molecule has 0 amide bonds. The molecule has 0 fully saturated rings. The van der Waals surface area contributed by atoms with E-state index in [0.717, 1.165) is 5.69 Å². The maximum absolute atomic E-state index is 11.7. The number of methoxy groups -OCH3 is 1. The predicted octanol–water partition coefficient (Wildman–Crippen LogP) is 3.28. The first kappa shape index (κ1) is 14.6. The molecule has 0 heterocycles. The summed E-state index contributed by atoms with van der Waals surface area (Å²) < 4.78 is 4.83. The molecule has 1 aromatic rings. The average Bonchev–Trinajstić information content (AvgIpc) is 2.31. The van der Waals surface area contributed by atoms with Gasteiger partial charge in [-0.05, 0) is 63.8 Å². The first-order valence-corrected chi connectivity index (χ1v) is 6.14. The van der Waals surface area contributed by atoms with E-state index in [0.29, 0.717) is 0 Å². The van der Waals surface area contributed by atoms with Gasteiger partial charge in [0, 0.05) is 5.69 Å². The number of carbonyl (C=O) groups is 1. The minimum Gasteiger partial charge on any atom is -0.467 e. The van der Waals surface area contributed by atoms with E-state index in [-0.39, 0.29) is 5.97 Å². The van der Waals surface area contributed by atoms with Crippen molar-refractivity contribution in [3.05, 3.63) is 28.3 Å². The van der Waals surface area contributed by atoms with E-state index < -0.39 is 5.54 Å². The Balaban J connectivity index is 3.23. The summed E-state index contributed by atoms with van der Waals surface area (Å²) >= 11 is 0. The molecule has 18 heavy (non-hydrogen) atoms. The highest BCUT2D eigenvalue weighted by atomic mass is 16.5. The van der Waals surface area contributed by atoms with E-state index in [9.17, 15) is 4.79 Å². The number of hydrogen-bond donors (Lipinski definition) is 1. The van der Waals surface area contributed by atoms with Gasteiger partial charge in [0.2, 0.25) is 0 Å². The molecule has 0 aliphatic heterocycles. The Kier molecular flexibility index (Phi) is 4.05. The molecule has 3 heteroatoms. The number of anilines is 1. The number of benzene rings is 1. The highest BCUT2D eigenvalue weighted by molar-refractivity contribution is 5.84. The van der Waals surface area contributed by atoms with Crippen molar-refractivity contribution in [3.8, 4) is 0 Å². The topological polar surface area (TPSA) is 38.3 Å². The number of nitrogens with one attached hydrogen (secondary N) is 1. The first-order chi connectivity index (χ1) is 8.20. The molecule has 0 radical (unpaired) electrons. The lowest BCUT2D eigenvalue weighted by atomic mass is 9.96. The normalized spacial score (nSPS) is 11.3. The zero-order valence-corrected chi connectivity index (χ0v) is 12.4. The van der Waals surface area contributed by atoms with Crippen LogP contribution in [-0.2, 0) is 9.53 Å². The van der Waals surface area contributed by atoms with Crippen molar-refractivity contribution in [3.63, 3.8) is 0 Å². The summed E-state index contributed by atoms with van der Waals surface area (Å²) in [5, 5.41) is 3.31. The van der Waals surface area contributed by atoms with Crippen LogP contribution in [0.1, 0.15) is 36.1 Å². The number of hydrogen-bond acceptors (Lipinski definition) is 3. The third kappa shape index (κ3) is 2.66. The lowest BCUT2D eigenvalue weighted by Crippen LogP contribution is -2.41. The van der Waals surface area contributed by atoms with Crippen LogP contribution < -0.4 is 5.32 Å². The fourth-order valence-electron chi connectivity index (χ4n) is 2.02. The van der Waals surface area contributed by atoms with Crippen molar-refractivity contribution in [1.82, 2.24) is 0 Å². The Bertz CT molecular complexity index is 450. The predicted molar refractivity (Wildman–Crippen MR) is 75.1 cm³/mol. The van der Waals surface area contributed by atoms with Gasteiger partial charge in [-0.3, -0.25) is 0 Å². The molecule has 3 nitrogen and oxygen atoms in total. The number of carbonyl (C=O) groups excluding carboxylic acids is 1. The molecule has 1 N–H and O–H groups in total. The quantitative estimate of drug-likeness (QED) is 0.835. The number of aryl methyl sites for hydroxylation is 2. The molecule has 100 valence electrons. The number of rotatable bonds is 3. The van der Waals surface area contributed by atoms with Crippen molar-refractivity contribution in [2.45, 2.75) is 47.1 Å². The van der Waals surface area contributed by atoms with Crippen LogP contribution in [0.25, 0.3) is 0 Å². The monoisotopic (exact) mass is 249 g/mol. The lowest BCUT2D eigenvalue weighted by Gasteiger charge is -2.28. The second-order valence-electron chi connectivity index (χ2n) is 5.38. The molecule has 0 saturated heterocycles. The molecule has 0 unspecified atom stereocenters. The Morgan fingerprint density at radius 1 is 1.11 bits per heavy atom. The van der Waals surface area contributed by atoms with Gasteiger partial charge in [-0.15, -0.1) is 0 Å². The van der Waals surface area contributed by atoms with Crippen LogP contribution in [0.3, 0.4) is 0 Å². The number of ether oxygens (including phenoxy) is 1. The molecule has 0 spiro atoms. The summed E-state index contributed by atoms with van der Waals surface area (Å²) in [6.45, 7) is 12.0. The highest BCUT2D eigenvalue weighted by Crippen LogP contribution is 2.29. The van der Waals surface area contributed by atoms with E-state index in [1.54, 1.807) is 0 Å². The number of esters is 1. The molecule has 0 bridgehead atoms. The summed E-state index contributed by atoms with van der Waals surface area (Å²) in [4.78, 5) is 11.7. The van der Waals surface area contributed by atoms with E-state index in [4.69, 9.17) is 4.74 Å². The van der Waals surface area contributed by atoms with Crippen LogP contribution in [0, 0.1) is 27.7 Å². The largest absolute Gasteiger partial charge is 0.467 e. The van der Waals surface area contributed by atoms with Crippen LogP contribution in [0.5, 0.6) is 0 Å². The van der Waals surface area contributed by atoms with Gasteiger partial charge < -0.3 is 10.1 Å². The third-order valence-corrected chi connectivity index (χ3v) is 3.50. The van der Waals surface area contributed by atoms with E-state index in [1.807, 2.05) is 13.8 Å². The van der Waals surface area contributed by atoms with Crippen LogP contribution in [-0.4, -0.2) is 18.6 Å². The first-order valence-electron chi connectivity index (χ1n) is 6.14. The summed E-state index contributed by atoms with van der Waals surface area (Å²) in [7, 11) is 1.41. The lowest BCUT2D eigenvalue weighted by molar-refractivity contribution is -0.144. The molecule has 0 aliphatic carbocycles. The van der Waals surface area contributed by atoms with Gasteiger partial charge in [-0.25, -0.2) is 4.79 Å². The maximum Gasteiger partial charge on any atom is 0.330 e. The fraction of sp³-hybridized carbons (Fsp3) is 0.533. The minimum absolute atomic E-state index is 0.263. The van der Waals surface area contributed by atoms with Crippen LogP contribution >= 0.6 is 0 Å². The fourth-order valence-corrected chi connectivity index (χ4v) is 2.02. The van der Waals surface area contributed by atoms with Crippen LogP contribution in [0.2, 0.25) is 0 Å². The molecular formula is C15H23NO2. The molecule has 0 aliphatic rings. The highest BCUT2D eigenvalue weighted by Gasteiger charge is 2.29. The van der Waals surface area contributed by atoms with E-state index in [2.05, 4.69) is 39.1 Å². The second kappa shape index (κ2) is 5.01. The van der Waals surface area contributed by atoms with Gasteiger partial charge in [0.05, 0.1) is 7.11 Å². The van der Waals surface area contributed by atoms with E-state index in [1.165, 1.54) is 29.4 Å². The van der Waals surface area contributed by atoms with Crippen molar-refractivity contribution < 1.29 is 9.53 Å². The molecule has 1 aromatic carbocycles. The average molecular weight is 249 g/mol. The molecule has 1 rings (SSSR count). The van der Waals surface area contributed by atoms with Gasteiger partial charge in [0.1, 0.15) is 5.54 Å². The maximum atomic E-state index is 11.7. The van der Waals surface area contributed by atoms with Crippen LogP contribution in [0.4, 0.5) is 5.69 Å². The third-order valence-electron chi connectivity index (χ3n) is 3.50. The Morgan fingerprint density at radius 2 is 1.56 bits per heavy atom. The second-order valence-corrected chi connectivity index (χ2v) is 5.38. The summed E-state index contributed by atoms with van der Waals surface area (Å²) in [6.07, 6.45) is 0. The van der Waals surface area contributed by atoms with Gasteiger partial charge in [-0.2, -0.15) is 0 Å². The Morgan fingerprint density at radius 3 is 1.94 bits per heavy atom. The van der Waals surface area contributed by atoms with E-state index >= 15 is 0 Å². The van der Waals surface area contributed by atoms with Crippen molar-refractivity contribution in [2.24, 2.45) is 0 Å². The van der Waals surface area contributed by atoms with Gasteiger partial charge >= 0.3 is 5.97 Å². The van der Waals surface area contributed by atoms with Crippen LogP contribution in [0.15, 0.2) is 6.07 Å². The molecule has 0 atom stereocenters. The van der Waals surface area contributed by atoms with Crippen molar-refractivity contribution >= 4 is 11.7 Å². The molecule has 0 saturated carbocycles. The molecular weight excluding hydrogens is 226 g/mol. The minimum atomic E-state index is -0.732. The smallest absolute Gasteiger partial charge is 0.330 e. The SMILES string of the molecule is COC(=O)C(C)(C)Nc1c(C)c(C)cc(C)c1C. The summed E-state index contributed by atoms with van der Waals surface area (Å²) in [5.74, 6) is -0.263. The van der Waals surface area contributed by atoms with Gasteiger partial charge in [-0.1, -0.05) is 6.07 Å².